The third-order valence-electron chi connectivity index (χ3n) is 3.55. The van der Waals surface area contributed by atoms with Crippen molar-refractivity contribution in [1.82, 2.24) is 4.31 Å². The van der Waals surface area contributed by atoms with Crippen LogP contribution >= 0.6 is 0 Å². The number of ether oxygens (including phenoxy) is 1. The van der Waals surface area contributed by atoms with E-state index in [1.54, 1.807) is 6.92 Å². The van der Waals surface area contributed by atoms with Crippen LogP contribution in [0.4, 0.5) is 0 Å². The average Bonchev–Trinajstić information content (AvgIpc) is 2.84. The Kier molecular flexibility index (Phi) is 6.22. The number of hydrogen-bond acceptors (Lipinski definition) is 4. The van der Waals surface area contributed by atoms with Crippen molar-refractivity contribution < 1.29 is 23.1 Å². The predicted octanol–water partition coefficient (Wildman–Crippen LogP) is 0.928. The Morgan fingerprint density at radius 2 is 2.05 bits per heavy atom. The van der Waals surface area contributed by atoms with Crippen LogP contribution in [-0.2, 0) is 19.6 Å². The molecular weight excluding hydrogens is 270 g/mol. The average molecular weight is 293 g/mol. The van der Waals surface area contributed by atoms with Gasteiger partial charge in [-0.05, 0) is 19.8 Å². The van der Waals surface area contributed by atoms with E-state index >= 15 is 0 Å². The van der Waals surface area contributed by atoms with E-state index in [0.29, 0.717) is 39.0 Å². The van der Waals surface area contributed by atoms with Gasteiger partial charge in [0, 0.05) is 19.7 Å². The van der Waals surface area contributed by atoms with Gasteiger partial charge in [-0.1, -0.05) is 13.3 Å². The molecule has 1 fully saturated rings. The first-order valence-corrected chi connectivity index (χ1v) is 8.25. The molecule has 2 unspecified atom stereocenters. The first-order chi connectivity index (χ1) is 8.95. The molecule has 0 spiro atoms. The van der Waals surface area contributed by atoms with Gasteiger partial charge in [-0.2, -0.15) is 4.31 Å². The molecule has 0 aromatic heterocycles. The van der Waals surface area contributed by atoms with Gasteiger partial charge in [0.2, 0.25) is 10.0 Å². The van der Waals surface area contributed by atoms with Gasteiger partial charge in [0.15, 0.2) is 0 Å². The van der Waals surface area contributed by atoms with E-state index in [9.17, 15) is 13.2 Å². The van der Waals surface area contributed by atoms with Gasteiger partial charge >= 0.3 is 5.97 Å². The maximum Gasteiger partial charge on any atom is 0.307 e. The molecule has 19 heavy (non-hydrogen) atoms. The molecule has 0 bridgehead atoms. The third-order valence-corrected chi connectivity index (χ3v) is 6.04. The number of nitrogens with zero attached hydrogens (tertiary/aromatic N) is 1. The molecule has 0 heterocycles. The number of carbonyl (C=O) groups is 1. The molecule has 112 valence electrons. The molecule has 1 rings (SSSR count). The molecular formula is C12H23NO5S. The number of likely N-dealkylation sites (N-methyl/N-ethyl adjacent to an activating group) is 1. The summed E-state index contributed by atoms with van der Waals surface area (Å²) in [5, 5.41) is 8.32. The van der Waals surface area contributed by atoms with Gasteiger partial charge in [-0.15, -0.1) is 0 Å². The molecule has 1 saturated carbocycles. The summed E-state index contributed by atoms with van der Waals surface area (Å²) in [5.41, 5.74) is 0. The van der Waals surface area contributed by atoms with Gasteiger partial charge in [0.05, 0.1) is 17.8 Å². The predicted molar refractivity (Wildman–Crippen MR) is 71.4 cm³/mol. The Morgan fingerprint density at radius 1 is 1.37 bits per heavy atom. The lowest BCUT2D eigenvalue weighted by Crippen LogP contribution is -2.43. The summed E-state index contributed by atoms with van der Waals surface area (Å²) in [6.45, 7) is 5.12. The van der Waals surface area contributed by atoms with Crippen LogP contribution < -0.4 is 0 Å². The number of hydrogen-bond donors (Lipinski definition) is 1. The Labute approximate surface area is 114 Å². The molecule has 0 aromatic carbocycles. The van der Waals surface area contributed by atoms with Crippen LogP contribution in [0.5, 0.6) is 0 Å². The summed E-state index contributed by atoms with van der Waals surface area (Å²) in [4.78, 5) is 11.1. The number of sulfonamides is 1. The van der Waals surface area contributed by atoms with Crippen LogP contribution in [-0.4, -0.2) is 55.4 Å². The van der Waals surface area contributed by atoms with Gasteiger partial charge in [0.1, 0.15) is 0 Å². The quantitative estimate of drug-likeness (QED) is 0.673. The molecule has 0 saturated heterocycles. The maximum atomic E-state index is 12.5. The van der Waals surface area contributed by atoms with Crippen molar-refractivity contribution in [1.29, 1.82) is 0 Å². The molecule has 2 atom stereocenters. The van der Waals surface area contributed by atoms with E-state index in [-0.39, 0.29) is 6.54 Å². The van der Waals surface area contributed by atoms with Crippen LogP contribution in [0.1, 0.15) is 33.1 Å². The summed E-state index contributed by atoms with van der Waals surface area (Å²) in [7, 11) is -3.55. The van der Waals surface area contributed by atoms with Gasteiger partial charge < -0.3 is 9.84 Å². The number of aliphatic carboxylic acids is 1. The first-order valence-electron chi connectivity index (χ1n) is 6.74. The van der Waals surface area contributed by atoms with Crippen molar-refractivity contribution in [3.8, 4) is 0 Å². The minimum absolute atomic E-state index is 0.287. The maximum absolute atomic E-state index is 12.5. The Hall–Kier alpha value is -0.660. The van der Waals surface area contributed by atoms with Crippen LogP contribution in [0, 0.1) is 5.92 Å². The summed E-state index contributed by atoms with van der Waals surface area (Å²) in [5.74, 6) is -1.78. The molecule has 0 aromatic rings. The van der Waals surface area contributed by atoms with Gasteiger partial charge in [-0.25, -0.2) is 8.42 Å². The molecule has 0 radical (unpaired) electrons. The Morgan fingerprint density at radius 3 is 2.58 bits per heavy atom. The lowest BCUT2D eigenvalue weighted by molar-refractivity contribution is -0.141. The zero-order chi connectivity index (χ0) is 14.5. The van der Waals surface area contributed by atoms with E-state index in [2.05, 4.69) is 0 Å². The standard InChI is InChI=1S/C12H23NO5S/c1-3-13(8-9-18-4-2)19(16,17)11-7-5-6-10(11)12(14)15/h10-11H,3-9H2,1-2H3,(H,14,15). The fourth-order valence-corrected chi connectivity index (χ4v) is 4.74. The number of carboxylic acids is 1. The monoisotopic (exact) mass is 293 g/mol. The topological polar surface area (TPSA) is 83.9 Å². The molecule has 0 amide bonds. The SMILES string of the molecule is CCOCCN(CC)S(=O)(=O)C1CCCC1C(=O)O. The van der Waals surface area contributed by atoms with E-state index in [0.717, 1.165) is 0 Å². The summed E-state index contributed by atoms with van der Waals surface area (Å²) >= 11 is 0. The van der Waals surface area contributed by atoms with Crippen LogP contribution in [0.3, 0.4) is 0 Å². The van der Waals surface area contributed by atoms with Gasteiger partial charge in [0.25, 0.3) is 0 Å². The lowest BCUT2D eigenvalue weighted by Gasteiger charge is -2.26. The minimum Gasteiger partial charge on any atom is -0.481 e. The second-order valence-corrected chi connectivity index (χ2v) is 6.80. The van der Waals surface area contributed by atoms with E-state index in [1.165, 1.54) is 4.31 Å². The van der Waals surface area contributed by atoms with Crippen molar-refractivity contribution in [2.45, 2.75) is 38.4 Å². The lowest BCUT2D eigenvalue weighted by atomic mass is 10.1. The van der Waals surface area contributed by atoms with E-state index < -0.39 is 27.2 Å². The highest BCUT2D eigenvalue weighted by Gasteiger charge is 2.43. The first kappa shape index (κ1) is 16.4. The second-order valence-electron chi connectivity index (χ2n) is 4.65. The Balaban J connectivity index is 2.79. The van der Waals surface area contributed by atoms with E-state index in [1.807, 2.05) is 6.92 Å². The van der Waals surface area contributed by atoms with Crippen molar-refractivity contribution in [3.05, 3.63) is 0 Å². The summed E-state index contributed by atoms with van der Waals surface area (Å²) in [6.07, 6.45) is 1.54. The number of rotatable bonds is 8. The van der Waals surface area contributed by atoms with Crippen LogP contribution in [0.25, 0.3) is 0 Å². The Bertz CT molecular complexity index is 395. The highest BCUT2D eigenvalue weighted by atomic mass is 32.2. The smallest absolute Gasteiger partial charge is 0.307 e. The molecule has 1 N–H and O–H groups in total. The largest absolute Gasteiger partial charge is 0.481 e. The van der Waals surface area contributed by atoms with E-state index in [4.69, 9.17) is 9.84 Å². The van der Waals surface area contributed by atoms with Crippen molar-refractivity contribution in [2.24, 2.45) is 5.92 Å². The summed E-state index contributed by atoms with van der Waals surface area (Å²) in [6, 6.07) is 0. The fourth-order valence-electron chi connectivity index (χ4n) is 2.53. The second kappa shape index (κ2) is 7.21. The highest BCUT2D eigenvalue weighted by molar-refractivity contribution is 7.89. The fraction of sp³-hybridized carbons (Fsp3) is 0.917. The molecule has 6 nitrogen and oxygen atoms in total. The third kappa shape index (κ3) is 3.90. The van der Waals surface area contributed by atoms with Crippen molar-refractivity contribution >= 4 is 16.0 Å². The highest BCUT2D eigenvalue weighted by Crippen LogP contribution is 2.33. The van der Waals surface area contributed by atoms with Gasteiger partial charge in [-0.3, -0.25) is 4.79 Å². The normalized spacial score (nSPS) is 23.9. The zero-order valence-electron chi connectivity index (χ0n) is 11.5. The molecule has 0 aliphatic heterocycles. The minimum atomic E-state index is -3.55. The summed E-state index contributed by atoms with van der Waals surface area (Å²) < 4.78 is 31.5. The van der Waals surface area contributed by atoms with Crippen LogP contribution in [0.2, 0.25) is 0 Å². The molecule has 1 aliphatic carbocycles. The zero-order valence-corrected chi connectivity index (χ0v) is 12.4. The molecule has 1 aliphatic rings. The number of carboxylic acid groups (broad SMARTS) is 1. The van der Waals surface area contributed by atoms with Crippen molar-refractivity contribution in [2.75, 3.05) is 26.3 Å². The van der Waals surface area contributed by atoms with Crippen molar-refractivity contribution in [3.63, 3.8) is 0 Å². The van der Waals surface area contributed by atoms with Crippen LogP contribution in [0.15, 0.2) is 0 Å². The molecule has 7 heteroatoms.